The maximum Gasteiger partial charge on any atom is 0.416 e. The quantitative estimate of drug-likeness (QED) is 0.671. The summed E-state index contributed by atoms with van der Waals surface area (Å²) in [6.07, 6.45) is -2.11. The van der Waals surface area contributed by atoms with E-state index in [1.54, 1.807) is 6.92 Å². The molecule has 0 saturated heterocycles. The number of hydrogen-bond acceptors (Lipinski definition) is 2. The summed E-state index contributed by atoms with van der Waals surface area (Å²) in [5.41, 5.74) is 9.56. The minimum Gasteiger partial charge on any atom is -0.401 e. The van der Waals surface area contributed by atoms with Crippen LogP contribution in [0.3, 0.4) is 0 Å². The highest BCUT2D eigenvalue weighted by Gasteiger charge is 2.31. The Kier molecular flexibility index (Phi) is 4.55. The van der Waals surface area contributed by atoms with Crippen LogP contribution in [-0.2, 0) is 0 Å². The summed E-state index contributed by atoms with van der Waals surface area (Å²) in [5, 5.41) is 0. The summed E-state index contributed by atoms with van der Waals surface area (Å²) in [7, 11) is 0. The van der Waals surface area contributed by atoms with Crippen molar-refractivity contribution in [3.8, 4) is 0 Å². The highest BCUT2D eigenvalue weighted by atomic mass is 19.4. The lowest BCUT2D eigenvalue weighted by atomic mass is 10.2. The van der Waals surface area contributed by atoms with Crippen LogP contribution in [0.25, 0.3) is 0 Å². The number of rotatable bonds is 3. The first kappa shape index (κ1) is 12.0. The number of alkyl halides is 3. The van der Waals surface area contributed by atoms with Gasteiger partial charge in [0.15, 0.2) is 0 Å². The third-order valence-corrected chi connectivity index (χ3v) is 1.33. The van der Waals surface area contributed by atoms with Crippen molar-refractivity contribution in [1.82, 2.24) is 0 Å². The van der Waals surface area contributed by atoms with Crippen LogP contribution in [0, 0.1) is 0 Å². The highest BCUT2D eigenvalue weighted by Crippen LogP contribution is 2.27. The van der Waals surface area contributed by atoms with Crippen molar-refractivity contribution in [3.05, 3.63) is 23.4 Å². The molecule has 0 aromatic carbocycles. The molecule has 0 unspecified atom stereocenters. The van der Waals surface area contributed by atoms with E-state index in [1.807, 2.05) is 0 Å². The molecule has 0 fully saturated rings. The molecule has 0 radical (unpaired) electrons. The van der Waals surface area contributed by atoms with Gasteiger partial charge in [-0.3, -0.25) is 0 Å². The van der Waals surface area contributed by atoms with Gasteiger partial charge in [0.05, 0.1) is 5.57 Å². The number of nitrogens with two attached hydrogens (primary N) is 2. The van der Waals surface area contributed by atoms with Crippen LogP contribution >= 0.6 is 0 Å². The summed E-state index contributed by atoms with van der Waals surface area (Å²) in [6.45, 7) is 1.55. The SMILES string of the molecule is CC/C=C(\C=C(/N)CN)C(F)(F)F. The molecular formula is C8H13F3N2. The Morgan fingerprint density at radius 2 is 1.92 bits per heavy atom. The number of hydrogen-bond donors (Lipinski definition) is 2. The van der Waals surface area contributed by atoms with E-state index in [9.17, 15) is 13.2 Å². The zero-order valence-corrected chi connectivity index (χ0v) is 7.36. The van der Waals surface area contributed by atoms with Gasteiger partial charge in [-0.05, 0) is 12.5 Å². The molecule has 76 valence electrons. The third kappa shape index (κ3) is 4.57. The van der Waals surface area contributed by atoms with E-state index in [4.69, 9.17) is 11.5 Å². The van der Waals surface area contributed by atoms with E-state index < -0.39 is 11.7 Å². The second-order valence-corrected chi connectivity index (χ2v) is 2.49. The van der Waals surface area contributed by atoms with E-state index in [0.29, 0.717) is 6.42 Å². The summed E-state index contributed by atoms with van der Waals surface area (Å²) < 4.78 is 36.6. The molecule has 0 atom stereocenters. The first-order valence-electron chi connectivity index (χ1n) is 3.85. The first-order chi connectivity index (χ1) is 5.91. The van der Waals surface area contributed by atoms with Crippen molar-refractivity contribution in [2.24, 2.45) is 11.5 Å². The zero-order valence-electron chi connectivity index (χ0n) is 7.36. The van der Waals surface area contributed by atoms with Gasteiger partial charge in [-0.1, -0.05) is 13.0 Å². The zero-order chi connectivity index (χ0) is 10.5. The average Bonchev–Trinajstić information content (AvgIpc) is 2.01. The van der Waals surface area contributed by atoms with Crippen molar-refractivity contribution in [3.63, 3.8) is 0 Å². The van der Waals surface area contributed by atoms with E-state index in [2.05, 4.69) is 0 Å². The lowest BCUT2D eigenvalue weighted by molar-refractivity contribution is -0.0885. The third-order valence-electron chi connectivity index (χ3n) is 1.33. The molecule has 4 N–H and O–H groups in total. The van der Waals surface area contributed by atoms with Crippen molar-refractivity contribution in [2.45, 2.75) is 19.5 Å². The molecule has 0 aliphatic rings. The second kappa shape index (κ2) is 4.91. The molecule has 0 rings (SSSR count). The highest BCUT2D eigenvalue weighted by molar-refractivity contribution is 5.27. The monoisotopic (exact) mass is 194 g/mol. The molecule has 0 aromatic rings. The lowest BCUT2D eigenvalue weighted by Gasteiger charge is -2.08. The Morgan fingerprint density at radius 1 is 1.38 bits per heavy atom. The molecule has 13 heavy (non-hydrogen) atoms. The van der Waals surface area contributed by atoms with Gasteiger partial charge in [0.2, 0.25) is 0 Å². The van der Waals surface area contributed by atoms with Crippen LogP contribution in [0.5, 0.6) is 0 Å². The molecule has 2 nitrogen and oxygen atoms in total. The average molecular weight is 194 g/mol. The van der Waals surface area contributed by atoms with Crippen LogP contribution in [-0.4, -0.2) is 12.7 Å². The fourth-order valence-electron chi connectivity index (χ4n) is 0.735. The van der Waals surface area contributed by atoms with Gasteiger partial charge in [0.25, 0.3) is 0 Å². The number of halogens is 3. The molecule has 0 spiro atoms. The number of allylic oxidation sites excluding steroid dienone is 3. The van der Waals surface area contributed by atoms with E-state index >= 15 is 0 Å². The summed E-state index contributed by atoms with van der Waals surface area (Å²) in [6, 6.07) is 0. The molecule has 0 amide bonds. The smallest absolute Gasteiger partial charge is 0.401 e. The molecule has 0 aromatic heterocycles. The predicted molar refractivity (Wildman–Crippen MR) is 45.8 cm³/mol. The maximum absolute atomic E-state index is 12.2. The predicted octanol–water partition coefficient (Wildman–Crippen LogP) is 1.69. The molecule has 0 bridgehead atoms. The summed E-state index contributed by atoms with van der Waals surface area (Å²) >= 11 is 0. The fourth-order valence-corrected chi connectivity index (χ4v) is 0.735. The molecule has 0 saturated carbocycles. The largest absolute Gasteiger partial charge is 0.416 e. The van der Waals surface area contributed by atoms with Crippen LogP contribution in [0.2, 0.25) is 0 Å². The minimum absolute atomic E-state index is 0.0250. The van der Waals surface area contributed by atoms with Crippen LogP contribution in [0.1, 0.15) is 13.3 Å². The van der Waals surface area contributed by atoms with Gasteiger partial charge < -0.3 is 11.5 Å². The summed E-state index contributed by atoms with van der Waals surface area (Å²) in [5.74, 6) is 0. The lowest BCUT2D eigenvalue weighted by Crippen LogP contribution is -2.16. The fraction of sp³-hybridized carbons (Fsp3) is 0.500. The van der Waals surface area contributed by atoms with Crippen molar-refractivity contribution in [2.75, 3.05) is 6.54 Å². The van der Waals surface area contributed by atoms with Crippen molar-refractivity contribution < 1.29 is 13.2 Å². The topological polar surface area (TPSA) is 52.0 Å². The standard InChI is InChI=1S/C8H13F3N2/c1-2-3-6(8(9,10)11)4-7(13)5-12/h3-4H,2,5,12-13H2,1H3/b6-3+,7-4-. The van der Waals surface area contributed by atoms with Gasteiger partial charge >= 0.3 is 6.18 Å². The Bertz CT molecular complexity index is 216. The van der Waals surface area contributed by atoms with E-state index in [1.165, 1.54) is 0 Å². The normalized spacial score (nSPS) is 14.8. The Labute approximate surface area is 75.1 Å². The minimum atomic E-state index is -4.35. The second-order valence-electron chi connectivity index (χ2n) is 2.49. The Hall–Kier alpha value is -0.970. The maximum atomic E-state index is 12.2. The molecular weight excluding hydrogens is 181 g/mol. The Morgan fingerprint density at radius 3 is 2.23 bits per heavy atom. The Balaban J connectivity index is 4.75. The van der Waals surface area contributed by atoms with Gasteiger partial charge in [-0.25, -0.2) is 0 Å². The van der Waals surface area contributed by atoms with Crippen molar-refractivity contribution >= 4 is 0 Å². The van der Waals surface area contributed by atoms with Gasteiger partial charge in [-0.2, -0.15) is 13.2 Å². The van der Waals surface area contributed by atoms with E-state index in [0.717, 1.165) is 12.2 Å². The van der Waals surface area contributed by atoms with E-state index in [-0.39, 0.29) is 12.2 Å². The van der Waals surface area contributed by atoms with Gasteiger partial charge in [0, 0.05) is 12.2 Å². The van der Waals surface area contributed by atoms with Crippen LogP contribution in [0.15, 0.2) is 23.4 Å². The first-order valence-corrected chi connectivity index (χ1v) is 3.85. The van der Waals surface area contributed by atoms with Gasteiger partial charge in [0.1, 0.15) is 0 Å². The molecule has 0 aliphatic carbocycles. The van der Waals surface area contributed by atoms with Crippen LogP contribution in [0.4, 0.5) is 13.2 Å². The van der Waals surface area contributed by atoms with Gasteiger partial charge in [-0.15, -0.1) is 0 Å². The van der Waals surface area contributed by atoms with Crippen molar-refractivity contribution in [1.29, 1.82) is 0 Å². The van der Waals surface area contributed by atoms with Crippen LogP contribution < -0.4 is 11.5 Å². The molecule has 5 heteroatoms. The summed E-state index contributed by atoms with van der Waals surface area (Å²) in [4.78, 5) is 0. The molecule has 0 aliphatic heterocycles. The molecule has 0 heterocycles.